The Hall–Kier alpha value is -2.30. The average molecular weight is 314 g/mol. The fourth-order valence-corrected chi connectivity index (χ4v) is 3.10. The maximum absolute atomic E-state index is 12.6. The molecule has 1 aromatic heterocycles. The van der Waals surface area contributed by atoms with E-state index in [4.69, 9.17) is 9.26 Å². The second-order valence-electron chi connectivity index (χ2n) is 5.96. The zero-order valence-corrected chi connectivity index (χ0v) is 13.6. The lowest BCUT2D eigenvalue weighted by molar-refractivity contribution is -0.132. The SMILES string of the molecule is COc1ccc(CCC(=O)N2CCCC2c2cc(C)on2)cc1. The lowest BCUT2D eigenvalue weighted by atomic mass is 10.1. The number of amides is 1. The van der Waals surface area contributed by atoms with Crippen molar-refractivity contribution in [2.45, 2.75) is 38.6 Å². The molecule has 2 aromatic rings. The van der Waals surface area contributed by atoms with Crippen LogP contribution in [0.1, 0.15) is 42.3 Å². The molecule has 1 fully saturated rings. The van der Waals surface area contributed by atoms with E-state index in [0.29, 0.717) is 6.42 Å². The van der Waals surface area contributed by atoms with Gasteiger partial charge in [-0.05, 0) is 43.9 Å². The van der Waals surface area contributed by atoms with Gasteiger partial charge in [-0.15, -0.1) is 0 Å². The van der Waals surface area contributed by atoms with Gasteiger partial charge in [0.2, 0.25) is 5.91 Å². The van der Waals surface area contributed by atoms with Crippen LogP contribution in [-0.4, -0.2) is 29.6 Å². The van der Waals surface area contributed by atoms with Crippen molar-refractivity contribution in [3.63, 3.8) is 0 Å². The molecule has 3 rings (SSSR count). The molecule has 1 unspecified atom stereocenters. The quantitative estimate of drug-likeness (QED) is 0.850. The number of benzene rings is 1. The Morgan fingerprint density at radius 3 is 2.83 bits per heavy atom. The van der Waals surface area contributed by atoms with E-state index in [0.717, 1.165) is 48.6 Å². The molecule has 0 saturated carbocycles. The Morgan fingerprint density at radius 2 is 2.17 bits per heavy atom. The van der Waals surface area contributed by atoms with E-state index in [1.54, 1.807) is 7.11 Å². The van der Waals surface area contributed by atoms with Gasteiger partial charge >= 0.3 is 0 Å². The molecular weight excluding hydrogens is 292 g/mol. The van der Waals surface area contributed by atoms with E-state index >= 15 is 0 Å². The molecule has 5 heteroatoms. The number of methoxy groups -OCH3 is 1. The molecule has 0 radical (unpaired) electrons. The minimum atomic E-state index is 0.0656. The zero-order valence-electron chi connectivity index (χ0n) is 13.6. The Balaban J connectivity index is 1.60. The van der Waals surface area contributed by atoms with Gasteiger partial charge in [0.25, 0.3) is 0 Å². The molecule has 2 heterocycles. The first-order valence-corrected chi connectivity index (χ1v) is 8.03. The first-order valence-electron chi connectivity index (χ1n) is 8.03. The van der Waals surface area contributed by atoms with Crippen LogP contribution in [0, 0.1) is 6.92 Å². The van der Waals surface area contributed by atoms with Crippen molar-refractivity contribution in [2.75, 3.05) is 13.7 Å². The Morgan fingerprint density at radius 1 is 1.39 bits per heavy atom. The van der Waals surface area contributed by atoms with Crippen molar-refractivity contribution < 1.29 is 14.1 Å². The van der Waals surface area contributed by atoms with Crippen LogP contribution < -0.4 is 4.74 Å². The number of nitrogens with zero attached hydrogens (tertiary/aromatic N) is 2. The third kappa shape index (κ3) is 3.55. The smallest absolute Gasteiger partial charge is 0.223 e. The van der Waals surface area contributed by atoms with Gasteiger partial charge in [-0.2, -0.15) is 0 Å². The van der Waals surface area contributed by atoms with Gasteiger partial charge in [0.05, 0.1) is 13.2 Å². The zero-order chi connectivity index (χ0) is 16.2. The molecule has 0 spiro atoms. The van der Waals surface area contributed by atoms with Gasteiger partial charge in [-0.3, -0.25) is 4.79 Å². The molecule has 1 aliphatic rings. The van der Waals surface area contributed by atoms with Crippen LogP contribution in [0.2, 0.25) is 0 Å². The van der Waals surface area contributed by atoms with E-state index in [9.17, 15) is 4.79 Å². The number of carbonyl (C=O) groups is 1. The monoisotopic (exact) mass is 314 g/mol. The van der Waals surface area contributed by atoms with Crippen LogP contribution >= 0.6 is 0 Å². The molecule has 1 atom stereocenters. The number of likely N-dealkylation sites (tertiary alicyclic amines) is 1. The van der Waals surface area contributed by atoms with Crippen LogP contribution in [0.3, 0.4) is 0 Å². The fraction of sp³-hybridized carbons (Fsp3) is 0.444. The first kappa shape index (κ1) is 15.6. The third-order valence-electron chi connectivity index (χ3n) is 4.35. The number of aryl methyl sites for hydroxylation is 2. The van der Waals surface area contributed by atoms with Gasteiger partial charge in [0.15, 0.2) is 0 Å². The predicted octanol–water partition coefficient (Wildman–Crippen LogP) is 3.29. The third-order valence-corrected chi connectivity index (χ3v) is 4.35. The van der Waals surface area contributed by atoms with E-state index in [1.807, 2.05) is 42.2 Å². The summed E-state index contributed by atoms with van der Waals surface area (Å²) < 4.78 is 10.3. The molecule has 1 aliphatic heterocycles. The van der Waals surface area contributed by atoms with E-state index < -0.39 is 0 Å². The fourth-order valence-electron chi connectivity index (χ4n) is 3.10. The largest absolute Gasteiger partial charge is 0.497 e. The Kier molecular flexibility index (Phi) is 4.65. The Bertz CT molecular complexity index is 663. The summed E-state index contributed by atoms with van der Waals surface area (Å²) in [5.74, 6) is 1.81. The van der Waals surface area contributed by atoms with Crippen molar-refractivity contribution in [3.05, 3.63) is 47.3 Å². The van der Waals surface area contributed by atoms with Crippen molar-refractivity contribution in [3.8, 4) is 5.75 Å². The number of aromatic nitrogens is 1. The molecule has 0 N–H and O–H groups in total. The van der Waals surface area contributed by atoms with E-state index in [-0.39, 0.29) is 11.9 Å². The number of hydrogen-bond acceptors (Lipinski definition) is 4. The summed E-state index contributed by atoms with van der Waals surface area (Å²) in [7, 11) is 1.65. The topological polar surface area (TPSA) is 55.6 Å². The summed E-state index contributed by atoms with van der Waals surface area (Å²) in [6.45, 7) is 2.68. The summed E-state index contributed by atoms with van der Waals surface area (Å²) in [5, 5.41) is 4.09. The van der Waals surface area contributed by atoms with Crippen molar-refractivity contribution >= 4 is 5.91 Å². The van der Waals surface area contributed by atoms with Crippen LogP contribution in [0.25, 0.3) is 0 Å². The number of ether oxygens (including phenoxy) is 1. The van der Waals surface area contributed by atoms with Gasteiger partial charge in [0.1, 0.15) is 17.2 Å². The van der Waals surface area contributed by atoms with Crippen LogP contribution in [0.5, 0.6) is 5.75 Å². The van der Waals surface area contributed by atoms with E-state index in [2.05, 4.69) is 5.16 Å². The molecule has 1 amide bonds. The highest BCUT2D eigenvalue weighted by atomic mass is 16.5. The summed E-state index contributed by atoms with van der Waals surface area (Å²) in [6.07, 6.45) is 3.23. The minimum Gasteiger partial charge on any atom is -0.497 e. The lowest BCUT2D eigenvalue weighted by Crippen LogP contribution is -2.30. The summed E-state index contributed by atoms with van der Waals surface area (Å²) in [6, 6.07) is 9.87. The van der Waals surface area contributed by atoms with Gasteiger partial charge in [-0.25, -0.2) is 0 Å². The van der Waals surface area contributed by atoms with Crippen molar-refractivity contribution in [1.82, 2.24) is 10.1 Å². The van der Waals surface area contributed by atoms with Crippen LogP contribution in [0.4, 0.5) is 0 Å². The standard InChI is InChI=1S/C18H22N2O3/c1-13-12-16(19-23-13)17-4-3-11-20(17)18(21)10-7-14-5-8-15(22-2)9-6-14/h5-6,8-9,12,17H,3-4,7,10-11H2,1-2H3. The van der Waals surface area contributed by atoms with Crippen LogP contribution in [0.15, 0.2) is 34.9 Å². The minimum absolute atomic E-state index is 0.0656. The number of hydrogen-bond donors (Lipinski definition) is 0. The summed E-state index contributed by atoms with van der Waals surface area (Å²) >= 11 is 0. The Labute approximate surface area is 136 Å². The predicted molar refractivity (Wildman–Crippen MR) is 86.2 cm³/mol. The van der Waals surface area contributed by atoms with Crippen molar-refractivity contribution in [1.29, 1.82) is 0 Å². The molecule has 122 valence electrons. The highest BCUT2D eigenvalue weighted by Crippen LogP contribution is 2.32. The second kappa shape index (κ2) is 6.86. The van der Waals surface area contributed by atoms with Crippen molar-refractivity contribution in [2.24, 2.45) is 0 Å². The highest BCUT2D eigenvalue weighted by Gasteiger charge is 2.31. The molecule has 0 aliphatic carbocycles. The normalized spacial score (nSPS) is 17.5. The summed E-state index contributed by atoms with van der Waals surface area (Å²) in [5.41, 5.74) is 2.02. The molecular formula is C18H22N2O3. The lowest BCUT2D eigenvalue weighted by Gasteiger charge is -2.23. The molecule has 5 nitrogen and oxygen atoms in total. The first-order chi connectivity index (χ1) is 11.2. The summed E-state index contributed by atoms with van der Waals surface area (Å²) in [4.78, 5) is 14.5. The van der Waals surface area contributed by atoms with E-state index in [1.165, 1.54) is 0 Å². The van der Waals surface area contributed by atoms with Gasteiger partial charge in [-0.1, -0.05) is 17.3 Å². The average Bonchev–Trinajstić information content (AvgIpc) is 3.21. The molecule has 0 bridgehead atoms. The molecule has 23 heavy (non-hydrogen) atoms. The second-order valence-corrected chi connectivity index (χ2v) is 5.96. The van der Waals surface area contributed by atoms with Gasteiger partial charge < -0.3 is 14.2 Å². The molecule has 1 saturated heterocycles. The number of carbonyl (C=O) groups excluding carboxylic acids is 1. The van der Waals surface area contributed by atoms with Crippen LogP contribution in [-0.2, 0) is 11.2 Å². The van der Waals surface area contributed by atoms with Gasteiger partial charge in [0, 0.05) is 19.0 Å². The highest BCUT2D eigenvalue weighted by molar-refractivity contribution is 5.77. The number of rotatable bonds is 5. The maximum atomic E-state index is 12.6. The maximum Gasteiger partial charge on any atom is 0.223 e. The molecule has 1 aromatic carbocycles.